The van der Waals surface area contributed by atoms with Crippen LogP contribution in [0.25, 0.3) is 0 Å². The van der Waals surface area contributed by atoms with E-state index in [1.165, 1.54) is 24.3 Å². The largest absolute Gasteiger partial charge is 0.393 e. The third-order valence-corrected chi connectivity index (χ3v) is 5.25. The van der Waals surface area contributed by atoms with Gasteiger partial charge in [-0.2, -0.15) is 0 Å². The third-order valence-electron chi connectivity index (χ3n) is 5.25. The molecule has 154 valence electrons. The number of aliphatic hydroxyl groups excluding tert-OH is 1. The fourth-order valence-electron chi connectivity index (χ4n) is 3.56. The number of nitrogens with one attached hydrogen (secondary N) is 1. The Morgan fingerprint density at radius 2 is 1.71 bits per heavy atom. The molecule has 2 aliphatic heterocycles. The first-order chi connectivity index (χ1) is 13.4. The number of carbonyl (C=O) groups is 2. The Labute approximate surface area is 162 Å². The van der Waals surface area contributed by atoms with Gasteiger partial charge in [-0.15, -0.1) is 0 Å². The predicted molar refractivity (Wildman–Crippen MR) is 100 cm³/mol. The van der Waals surface area contributed by atoms with Gasteiger partial charge in [0, 0.05) is 45.0 Å². The van der Waals surface area contributed by atoms with Crippen LogP contribution in [0.3, 0.4) is 0 Å². The number of hydrogen-bond donors (Lipinski definition) is 2. The minimum absolute atomic E-state index is 0.0578. The Morgan fingerprint density at radius 1 is 1.04 bits per heavy atom. The molecule has 2 amide bonds. The van der Waals surface area contributed by atoms with Crippen LogP contribution in [0.5, 0.6) is 0 Å². The zero-order valence-electron chi connectivity index (χ0n) is 15.7. The van der Waals surface area contributed by atoms with Crippen molar-refractivity contribution >= 4 is 17.5 Å². The number of aliphatic hydroxyl groups is 1. The molecule has 7 nitrogen and oxygen atoms in total. The van der Waals surface area contributed by atoms with E-state index in [9.17, 15) is 18.4 Å². The van der Waals surface area contributed by atoms with E-state index in [0.717, 1.165) is 0 Å². The summed E-state index contributed by atoms with van der Waals surface area (Å²) >= 11 is 0. The second-order valence-corrected chi connectivity index (χ2v) is 7.48. The quantitative estimate of drug-likeness (QED) is 0.724. The number of nitrogens with zero attached hydrogens (tertiary/aromatic N) is 3. The molecule has 3 rings (SSSR count). The second kappa shape index (κ2) is 8.93. The summed E-state index contributed by atoms with van der Waals surface area (Å²) in [6.45, 7) is 2.55. The predicted octanol–water partition coefficient (Wildman–Crippen LogP) is 0.315. The van der Waals surface area contributed by atoms with Gasteiger partial charge in [-0.05, 0) is 30.7 Å². The van der Waals surface area contributed by atoms with Crippen LogP contribution >= 0.6 is 0 Å². The van der Waals surface area contributed by atoms with Crippen molar-refractivity contribution in [3.05, 3.63) is 30.1 Å². The number of halogens is 2. The Bertz CT molecular complexity index is 695. The van der Waals surface area contributed by atoms with Crippen LogP contribution in [-0.2, 0) is 9.59 Å². The Hall–Kier alpha value is -2.10. The summed E-state index contributed by atoms with van der Waals surface area (Å²) < 4.78 is 27.0. The zero-order chi connectivity index (χ0) is 20.1. The van der Waals surface area contributed by atoms with Crippen molar-refractivity contribution in [2.24, 2.45) is 0 Å². The number of hydrogen-bond acceptors (Lipinski definition) is 5. The lowest BCUT2D eigenvalue weighted by Gasteiger charge is -2.35. The fraction of sp³-hybridized carbons (Fsp3) is 0.579. The van der Waals surface area contributed by atoms with Crippen LogP contribution < -0.4 is 5.32 Å². The highest BCUT2D eigenvalue weighted by atomic mass is 19.1. The first-order valence-electron chi connectivity index (χ1n) is 9.45. The van der Waals surface area contributed by atoms with Crippen molar-refractivity contribution in [2.75, 3.05) is 64.3 Å². The van der Waals surface area contributed by atoms with Crippen molar-refractivity contribution in [1.82, 2.24) is 14.7 Å². The summed E-state index contributed by atoms with van der Waals surface area (Å²) in [5.74, 6) is -0.606. The number of rotatable bonds is 6. The van der Waals surface area contributed by atoms with Crippen LogP contribution in [0.4, 0.5) is 14.5 Å². The lowest BCUT2D eigenvalue weighted by Crippen LogP contribution is -2.52. The molecule has 9 heteroatoms. The molecular formula is C19H26F2N4O3. The molecule has 1 aromatic rings. The van der Waals surface area contributed by atoms with Crippen LogP contribution in [0.1, 0.15) is 6.42 Å². The van der Waals surface area contributed by atoms with Gasteiger partial charge >= 0.3 is 0 Å². The van der Waals surface area contributed by atoms with Gasteiger partial charge in [0.2, 0.25) is 11.8 Å². The molecule has 1 unspecified atom stereocenters. The fourth-order valence-corrected chi connectivity index (χ4v) is 3.56. The lowest BCUT2D eigenvalue weighted by atomic mass is 10.1. The van der Waals surface area contributed by atoms with Gasteiger partial charge in [0.15, 0.2) is 0 Å². The van der Waals surface area contributed by atoms with Crippen molar-refractivity contribution in [2.45, 2.75) is 12.1 Å². The number of piperazine rings is 1. The monoisotopic (exact) mass is 396 g/mol. The van der Waals surface area contributed by atoms with E-state index >= 15 is 0 Å². The van der Waals surface area contributed by atoms with Crippen molar-refractivity contribution in [3.8, 4) is 0 Å². The zero-order valence-corrected chi connectivity index (χ0v) is 15.7. The standard InChI is InChI=1S/C19H26F2N4O3/c20-15-1-3-16(4-2-15)22-17(27)11-23-7-9-25(10-8-23)18(28)12-24-6-5-19(21,13-24)14-26/h1-4,26H,5-14H2,(H,22,27). The maximum Gasteiger partial charge on any atom is 0.238 e. The minimum atomic E-state index is -1.60. The molecule has 1 atom stereocenters. The molecule has 28 heavy (non-hydrogen) atoms. The molecule has 2 heterocycles. The summed E-state index contributed by atoms with van der Waals surface area (Å²) in [5, 5.41) is 11.8. The van der Waals surface area contributed by atoms with Gasteiger partial charge in [0.05, 0.1) is 19.7 Å². The normalized spacial score (nSPS) is 23.8. The maximum atomic E-state index is 14.1. The maximum absolute atomic E-state index is 14.1. The van der Waals surface area contributed by atoms with Gasteiger partial charge < -0.3 is 15.3 Å². The van der Waals surface area contributed by atoms with E-state index in [1.54, 1.807) is 9.80 Å². The summed E-state index contributed by atoms with van der Waals surface area (Å²) in [4.78, 5) is 30.0. The van der Waals surface area contributed by atoms with Crippen LogP contribution in [0, 0.1) is 5.82 Å². The topological polar surface area (TPSA) is 76.1 Å². The van der Waals surface area contributed by atoms with Gasteiger partial charge in [0.1, 0.15) is 11.5 Å². The first-order valence-corrected chi connectivity index (χ1v) is 9.45. The molecule has 0 saturated carbocycles. The van der Waals surface area contributed by atoms with E-state index < -0.39 is 12.3 Å². The Balaban J connectivity index is 1.38. The highest BCUT2D eigenvalue weighted by molar-refractivity contribution is 5.92. The minimum Gasteiger partial charge on any atom is -0.393 e. The molecule has 2 aliphatic rings. The summed E-state index contributed by atoms with van der Waals surface area (Å²) in [6.07, 6.45) is 0.244. The molecule has 0 bridgehead atoms. The molecule has 1 aromatic carbocycles. The molecule has 0 aromatic heterocycles. The first kappa shape index (κ1) is 20.6. The van der Waals surface area contributed by atoms with Gasteiger partial charge in [-0.25, -0.2) is 8.78 Å². The number of carbonyl (C=O) groups excluding carboxylic acids is 2. The van der Waals surface area contributed by atoms with Crippen molar-refractivity contribution < 1.29 is 23.5 Å². The summed E-state index contributed by atoms with van der Waals surface area (Å²) in [7, 11) is 0. The van der Waals surface area contributed by atoms with E-state index in [-0.39, 0.29) is 43.7 Å². The molecule has 0 aliphatic carbocycles. The number of anilines is 1. The van der Waals surface area contributed by atoms with Gasteiger partial charge in [0.25, 0.3) is 0 Å². The van der Waals surface area contributed by atoms with Crippen LogP contribution in [0.2, 0.25) is 0 Å². The van der Waals surface area contributed by atoms with Crippen LogP contribution in [-0.4, -0.2) is 96.3 Å². The highest BCUT2D eigenvalue weighted by Gasteiger charge is 2.38. The highest BCUT2D eigenvalue weighted by Crippen LogP contribution is 2.24. The average molecular weight is 396 g/mol. The molecule has 2 saturated heterocycles. The third kappa shape index (κ3) is 5.46. The van der Waals surface area contributed by atoms with Crippen molar-refractivity contribution in [1.29, 1.82) is 0 Å². The lowest BCUT2D eigenvalue weighted by molar-refractivity contribution is -0.134. The number of alkyl halides is 1. The van der Waals surface area contributed by atoms with Crippen molar-refractivity contribution in [3.63, 3.8) is 0 Å². The van der Waals surface area contributed by atoms with Gasteiger partial charge in [-0.1, -0.05) is 0 Å². The number of likely N-dealkylation sites (tertiary alicyclic amines) is 1. The smallest absolute Gasteiger partial charge is 0.238 e. The Kier molecular flexibility index (Phi) is 6.58. The summed E-state index contributed by atoms with van der Waals surface area (Å²) in [5.41, 5.74) is -1.06. The molecule has 0 spiro atoms. The van der Waals surface area contributed by atoms with E-state index in [1.807, 2.05) is 4.90 Å². The SMILES string of the molecule is O=C(CN1CCN(C(=O)CN2CCC(F)(CO)C2)CC1)Nc1ccc(F)cc1. The average Bonchev–Trinajstić information content (AvgIpc) is 3.05. The molecule has 2 fully saturated rings. The molecule has 0 radical (unpaired) electrons. The molecular weight excluding hydrogens is 370 g/mol. The number of amides is 2. The second-order valence-electron chi connectivity index (χ2n) is 7.48. The molecule has 2 N–H and O–H groups in total. The number of benzene rings is 1. The summed E-state index contributed by atoms with van der Waals surface area (Å²) in [6, 6.07) is 5.58. The van der Waals surface area contributed by atoms with E-state index in [0.29, 0.717) is 38.4 Å². The van der Waals surface area contributed by atoms with E-state index in [4.69, 9.17) is 5.11 Å². The van der Waals surface area contributed by atoms with Crippen LogP contribution in [0.15, 0.2) is 24.3 Å². The van der Waals surface area contributed by atoms with E-state index in [2.05, 4.69) is 5.32 Å². The Morgan fingerprint density at radius 3 is 2.32 bits per heavy atom. The van der Waals surface area contributed by atoms with Gasteiger partial charge in [-0.3, -0.25) is 19.4 Å².